The topological polar surface area (TPSA) is 47.3 Å². The molecule has 3 nitrogen and oxygen atoms in total. The van der Waals surface area contributed by atoms with Gasteiger partial charge in [0.05, 0.1) is 11.6 Å². The SMILES string of the molecule is CCOC(C)(CC)C(NN)c1cc(F)ccc1Cl. The summed E-state index contributed by atoms with van der Waals surface area (Å²) in [5.74, 6) is 5.26. The van der Waals surface area contributed by atoms with Gasteiger partial charge in [0, 0.05) is 11.6 Å². The number of nitrogens with one attached hydrogen (secondary N) is 1. The number of hydrazine groups is 1. The van der Waals surface area contributed by atoms with Crippen molar-refractivity contribution in [3.8, 4) is 0 Å². The first kappa shape index (κ1) is 15.4. The molecule has 2 atom stereocenters. The first-order valence-corrected chi connectivity index (χ1v) is 6.41. The van der Waals surface area contributed by atoms with E-state index >= 15 is 0 Å². The lowest BCUT2D eigenvalue weighted by atomic mass is 9.88. The van der Waals surface area contributed by atoms with E-state index in [4.69, 9.17) is 22.2 Å². The van der Waals surface area contributed by atoms with Gasteiger partial charge < -0.3 is 4.74 Å². The molecule has 18 heavy (non-hydrogen) atoms. The minimum Gasteiger partial charge on any atom is -0.374 e. The summed E-state index contributed by atoms with van der Waals surface area (Å²) in [6, 6.07) is 3.87. The fourth-order valence-electron chi connectivity index (χ4n) is 2.05. The van der Waals surface area contributed by atoms with Crippen LogP contribution in [0.1, 0.15) is 38.8 Å². The molecule has 0 saturated heterocycles. The molecule has 1 aromatic carbocycles. The molecule has 1 rings (SSSR count). The zero-order valence-corrected chi connectivity index (χ0v) is 11.7. The van der Waals surface area contributed by atoms with Crippen molar-refractivity contribution >= 4 is 11.6 Å². The summed E-state index contributed by atoms with van der Waals surface area (Å²) in [4.78, 5) is 0. The number of benzene rings is 1. The van der Waals surface area contributed by atoms with E-state index in [0.717, 1.165) is 6.42 Å². The van der Waals surface area contributed by atoms with Gasteiger partial charge in [-0.15, -0.1) is 0 Å². The molecule has 0 aliphatic heterocycles. The van der Waals surface area contributed by atoms with Gasteiger partial charge in [0.25, 0.3) is 0 Å². The highest BCUT2D eigenvalue weighted by molar-refractivity contribution is 6.31. The minimum atomic E-state index is -0.541. The van der Waals surface area contributed by atoms with Crippen molar-refractivity contribution < 1.29 is 9.13 Å². The molecule has 0 radical (unpaired) electrons. The van der Waals surface area contributed by atoms with Crippen LogP contribution in [0.25, 0.3) is 0 Å². The highest BCUT2D eigenvalue weighted by Crippen LogP contribution is 2.35. The number of nitrogens with two attached hydrogens (primary N) is 1. The molecule has 0 bridgehead atoms. The van der Waals surface area contributed by atoms with Gasteiger partial charge in [0.2, 0.25) is 0 Å². The van der Waals surface area contributed by atoms with Gasteiger partial charge in [-0.25, -0.2) is 4.39 Å². The van der Waals surface area contributed by atoms with Crippen LogP contribution in [0.15, 0.2) is 18.2 Å². The Morgan fingerprint density at radius 3 is 2.67 bits per heavy atom. The number of hydrogen-bond acceptors (Lipinski definition) is 3. The third kappa shape index (κ3) is 3.20. The number of ether oxygens (including phenoxy) is 1. The van der Waals surface area contributed by atoms with Crippen LogP contribution in [0, 0.1) is 5.82 Å². The average Bonchev–Trinajstić information content (AvgIpc) is 2.34. The zero-order valence-electron chi connectivity index (χ0n) is 11.0. The van der Waals surface area contributed by atoms with Crippen LogP contribution in [0.2, 0.25) is 5.02 Å². The third-order valence-electron chi connectivity index (χ3n) is 3.22. The molecule has 0 heterocycles. The smallest absolute Gasteiger partial charge is 0.123 e. The highest BCUT2D eigenvalue weighted by atomic mass is 35.5. The minimum absolute atomic E-state index is 0.343. The van der Waals surface area contributed by atoms with E-state index in [1.807, 2.05) is 20.8 Å². The van der Waals surface area contributed by atoms with Crippen molar-refractivity contribution in [1.82, 2.24) is 5.43 Å². The molecule has 0 amide bonds. The van der Waals surface area contributed by atoms with Crippen LogP contribution in [0.4, 0.5) is 4.39 Å². The van der Waals surface area contributed by atoms with Crippen molar-refractivity contribution in [1.29, 1.82) is 0 Å². The van der Waals surface area contributed by atoms with E-state index in [2.05, 4.69) is 5.43 Å². The third-order valence-corrected chi connectivity index (χ3v) is 3.57. The van der Waals surface area contributed by atoms with Crippen molar-refractivity contribution in [3.05, 3.63) is 34.6 Å². The average molecular weight is 275 g/mol. The molecule has 0 aliphatic rings. The Morgan fingerprint density at radius 1 is 1.50 bits per heavy atom. The number of rotatable bonds is 6. The second kappa shape index (κ2) is 6.48. The zero-order chi connectivity index (χ0) is 13.8. The molecule has 1 aromatic rings. The second-order valence-electron chi connectivity index (χ2n) is 4.36. The Bertz CT molecular complexity index is 403. The van der Waals surface area contributed by atoms with E-state index in [9.17, 15) is 4.39 Å². The fraction of sp³-hybridized carbons (Fsp3) is 0.538. The molecule has 0 spiro atoms. The molecular weight excluding hydrogens is 255 g/mol. The Balaban J connectivity index is 3.19. The summed E-state index contributed by atoms with van der Waals surface area (Å²) in [6.07, 6.45) is 0.725. The van der Waals surface area contributed by atoms with Crippen molar-refractivity contribution in [2.45, 2.75) is 38.8 Å². The van der Waals surface area contributed by atoms with Gasteiger partial charge in [-0.05, 0) is 44.0 Å². The molecule has 2 unspecified atom stereocenters. The van der Waals surface area contributed by atoms with E-state index in [-0.39, 0.29) is 11.9 Å². The molecule has 5 heteroatoms. The van der Waals surface area contributed by atoms with Crippen LogP contribution in [-0.2, 0) is 4.74 Å². The molecule has 0 saturated carbocycles. The molecule has 0 aliphatic carbocycles. The predicted molar refractivity (Wildman–Crippen MR) is 71.8 cm³/mol. The lowest BCUT2D eigenvalue weighted by Crippen LogP contribution is -2.46. The number of halogens is 2. The van der Waals surface area contributed by atoms with Gasteiger partial charge in [-0.1, -0.05) is 18.5 Å². The molecule has 3 N–H and O–H groups in total. The van der Waals surface area contributed by atoms with E-state index in [1.54, 1.807) is 0 Å². The Hall–Kier alpha value is -0.680. The molecule has 0 aromatic heterocycles. The normalized spacial score (nSPS) is 16.3. The Labute approximate surface area is 112 Å². The first-order chi connectivity index (χ1) is 8.48. The van der Waals surface area contributed by atoms with Gasteiger partial charge in [-0.2, -0.15) is 0 Å². The van der Waals surface area contributed by atoms with Crippen molar-refractivity contribution in [2.24, 2.45) is 5.84 Å². The second-order valence-corrected chi connectivity index (χ2v) is 4.77. The van der Waals surface area contributed by atoms with Crippen LogP contribution >= 0.6 is 11.6 Å². The Kier molecular flexibility index (Phi) is 5.53. The van der Waals surface area contributed by atoms with E-state index in [1.165, 1.54) is 18.2 Å². The predicted octanol–water partition coefficient (Wildman–Crippen LogP) is 3.19. The standard InChI is InChI=1S/C13H20ClFN2O/c1-4-13(3,18-5-2)12(17-16)10-8-9(15)6-7-11(10)14/h6-8,12,17H,4-5,16H2,1-3H3. The fourth-order valence-corrected chi connectivity index (χ4v) is 2.28. The van der Waals surface area contributed by atoms with E-state index < -0.39 is 5.60 Å². The quantitative estimate of drug-likeness (QED) is 0.619. The summed E-state index contributed by atoms with van der Waals surface area (Å²) < 4.78 is 19.1. The number of hydrogen-bond donors (Lipinski definition) is 2. The summed E-state index contributed by atoms with van der Waals surface area (Å²) in [7, 11) is 0. The summed E-state index contributed by atoms with van der Waals surface area (Å²) >= 11 is 6.12. The van der Waals surface area contributed by atoms with Gasteiger partial charge >= 0.3 is 0 Å². The summed E-state index contributed by atoms with van der Waals surface area (Å²) in [5.41, 5.74) is 2.75. The van der Waals surface area contributed by atoms with Crippen LogP contribution in [-0.4, -0.2) is 12.2 Å². The van der Waals surface area contributed by atoms with E-state index in [0.29, 0.717) is 17.2 Å². The van der Waals surface area contributed by atoms with Crippen molar-refractivity contribution in [3.63, 3.8) is 0 Å². The van der Waals surface area contributed by atoms with Crippen LogP contribution in [0.3, 0.4) is 0 Å². The molecular formula is C13H20ClFN2O. The highest BCUT2D eigenvalue weighted by Gasteiger charge is 2.35. The molecule has 102 valence electrons. The van der Waals surface area contributed by atoms with Gasteiger partial charge in [0.1, 0.15) is 5.82 Å². The largest absolute Gasteiger partial charge is 0.374 e. The van der Waals surface area contributed by atoms with Gasteiger partial charge in [-0.3, -0.25) is 11.3 Å². The first-order valence-electron chi connectivity index (χ1n) is 6.03. The summed E-state index contributed by atoms with van der Waals surface area (Å²) in [5, 5.41) is 0.471. The van der Waals surface area contributed by atoms with Crippen LogP contribution in [0.5, 0.6) is 0 Å². The summed E-state index contributed by atoms with van der Waals surface area (Å²) in [6.45, 7) is 6.39. The maximum absolute atomic E-state index is 13.4. The molecule has 0 fully saturated rings. The Morgan fingerprint density at radius 2 is 2.17 bits per heavy atom. The van der Waals surface area contributed by atoms with Gasteiger partial charge in [0.15, 0.2) is 0 Å². The lowest BCUT2D eigenvalue weighted by Gasteiger charge is -2.37. The maximum atomic E-state index is 13.4. The van der Waals surface area contributed by atoms with Crippen molar-refractivity contribution in [2.75, 3.05) is 6.61 Å². The lowest BCUT2D eigenvalue weighted by molar-refractivity contribution is -0.0564. The maximum Gasteiger partial charge on any atom is 0.123 e. The van der Waals surface area contributed by atoms with Crippen LogP contribution < -0.4 is 11.3 Å². The monoisotopic (exact) mass is 274 g/mol.